The maximum atomic E-state index is 12.5. The average Bonchev–Trinajstić information content (AvgIpc) is 2.46. The van der Waals surface area contributed by atoms with E-state index < -0.39 is 22.5 Å². The molecule has 0 fully saturated rings. The Labute approximate surface area is 123 Å². The number of halogens is 3. The molecular formula is C16H13F3OS. The molecule has 0 saturated carbocycles. The molecular weight excluding hydrogens is 297 g/mol. The van der Waals surface area contributed by atoms with Crippen LogP contribution in [0.15, 0.2) is 61.2 Å². The first kappa shape index (κ1) is 15.5. The van der Waals surface area contributed by atoms with Gasteiger partial charge in [-0.05, 0) is 23.3 Å². The van der Waals surface area contributed by atoms with Gasteiger partial charge in [0.2, 0.25) is 0 Å². The largest absolute Gasteiger partial charge is 0.416 e. The van der Waals surface area contributed by atoms with Crippen LogP contribution >= 0.6 is 0 Å². The topological polar surface area (TPSA) is 17.1 Å². The predicted molar refractivity (Wildman–Crippen MR) is 78.8 cm³/mol. The van der Waals surface area contributed by atoms with Crippen LogP contribution < -0.4 is 0 Å². The molecule has 0 spiro atoms. The molecule has 1 atom stereocenters. The fraction of sp³-hybridized carbons (Fsp3) is 0.125. The highest BCUT2D eigenvalue weighted by atomic mass is 32.2. The lowest BCUT2D eigenvalue weighted by molar-refractivity contribution is -0.137. The third kappa shape index (κ3) is 4.04. The zero-order valence-corrected chi connectivity index (χ0v) is 11.9. The van der Waals surface area contributed by atoms with Crippen LogP contribution in [-0.2, 0) is 22.7 Å². The molecule has 1 nitrogen and oxygen atoms in total. The van der Waals surface area contributed by atoms with Gasteiger partial charge < -0.3 is 0 Å². The van der Waals surface area contributed by atoms with Crippen molar-refractivity contribution >= 4 is 15.7 Å². The van der Waals surface area contributed by atoms with Gasteiger partial charge in [-0.2, -0.15) is 13.2 Å². The van der Waals surface area contributed by atoms with Crippen LogP contribution in [-0.4, -0.2) is 4.21 Å². The molecule has 0 aliphatic heterocycles. The van der Waals surface area contributed by atoms with Crippen LogP contribution in [0.25, 0.3) is 4.91 Å². The summed E-state index contributed by atoms with van der Waals surface area (Å²) in [6.07, 6.45) is -4.37. The third-order valence-electron chi connectivity index (χ3n) is 2.95. The Morgan fingerprint density at radius 1 is 1.00 bits per heavy atom. The molecule has 0 amide bonds. The zero-order chi connectivity index (χ0) is 15.5. The Morgan fingerprint density at radius 3 is 2.10 bits per heavy atom. The van der Waals surface area contributed by atoms with E-state index in [9.17, 15) is 17.4 Å². The first-order valence-electron chi connectivity index (χ1n) is 6.17. The van der Waals surface area contributed by atoms with Crippen molar-refractivity contribution in [2.75, 3.05) is 0 Å². The Balaban J connectivity index is 2.11. The van der Waals surface area contributed by atoms with E-state index in [4.69, 9.17) is 0 Å². The summed E-state index contributed by atoms with van der Waals surface area (Å²) >= 11 is 0. The number of hydrogen-bond donors (Lipinski definition) is 0. The molecule has 2 aromatic carbocycles. The van der Waals surface area contributed by atoms with Crippen molar-refractivity contribution in [1.29, 1.82) is 0 Å². The van der Waals surface area contributed by atoms with Gasteiger partial charge >= 0.3 is 6.18 Å². The second-order valence-electron chi connectivity index (χ2n) is 4.47. The average molecular weight is 310 g/mol. The summed E-state index contributed by atoms with van der Waals surface area (Å²) in [4.78, 5) is 0.326. The van der Waals surface area contributed by atoms with Crippen LogP contribution in [0.1, 0.15) is 16.7 Å². The molecule has 0 heterocycles. The van der Waals surface area contributed by atoms with Crippen molar-refractivity contribution in [3.63, 3.8) is 0 Å². The number of hydrogen-bond acceptors (Lipinski definition) is 1. The van der Waals surface area contributed by atoms with E-state index >= 15 is 0 Å². The van der Waals surface area contributed by atoms with Crippen LogP contribution in [0.3, 0.4) is 0 Å². The van der Waals surface area contributed by atoms with E-state index in [0.717, 1.165) is 17.7 Å². The van der Waals surface area contributed by atoms with Gasteiger partial charge in [0.25, 0.3) is 0 Å². The minimum Gasteiger partial charge on any atom is -0.254 e. The van der Waals surface area contributed by atoms with E-state index in [1.807, 2.05) is 30.3 Å². The summed E-state index contributed by atoms with van der Waals surface area (Å²) in [6, 6.07) is 13.8. The third-order valence-corrected chi connectivity index (χ3v) is 4.33. The smallest absolute Gasteiger partial charge is 0.254 e. The van der Waals surface area contributed by atoms with Gasteiger partial charge in [-0.1, -0.05) is 49.0 Å². The van der Waals surface area contributed by atoms with E-state index in [-0.39, 0.29) is 0 Å². The molecule has 0 aromatic heterocycles. The van der Waals surface area contributed by atoms with Crippen LogP contribution in [0.5, 0.6) is 0 Å². The molecule has 2 rings (SSSR count). The highest BCUT2D eigenvalue weighted by Gasteiger charge is 2.30. The lowest BCUT2D eigenvalue weighted by Crippen LogP contribution is -2.05. The lowest BCUT2D eigenvalue weighted by atomic mass is 10.1. The molecule has 0 bridgehead atoms. The molecule has 0 unspecified atom stereocenters. The van der Waals surface area contributed by atoms with Crippen molar-refractivity contribution in [2.24, 2.45) is 0 Å². The van der Waals surface area contributed by atoms with Crippen molar-refractivity contribution in [2.45, 2.75) is 11.9 Å². The van der Waals surface area contributed by atoms with Gasteiger partial charge in [-0.15, -0.1) is 0 Å². The molecule has 2 aromatic rings. The van der Waals surface area contributed by atoms with Crippen molar-refractivity contribution in [1.82, 2.24) is 0 Å². The summed E-state index contributed by atoms with van der Waals surface area (Å²) in [5.74, 6) is 0.292. The lowest BCUT2D eigenvalue weighted by Gasteiger charge is -2.09. The van der Waals surface area contributed by atoms with Crippen molar-refractivity contribution in [3.05, 3.63) is 77.9 Å². The van der Waals surface area contributed by atoms with Gasteiger partial charge in [0, 0.05) is 4.91 Å². The Bertz CT molecular complexity index is 645. The fourth-order valence-electron chi connectivity index (χ4n) is 1.79. The Kier molecular flexibility index (Phi) is 4.63. The van der Waals surface area contributed by atoms with Crippen LogP contribution in [0, 0.1) is 0 Å². The van der Waals surface area contributed by atoms with Crippen LogP contribution in [0.4, 0.5) is 13.2 Å². The quantitative estimate of drug-likeness (QED) is 0.805. The van der Waals surface area contributed by atoms with E-state index in [1.54, 1.807) is 0 Å². The van der Waals surface area contributed by atoms with Crippen molar-refractivity contribution in [3.8, 4) is 0 Å². The maximum absolute atomic E-state index is 12.5. The Morgan fingerprint density at radius 2 is 1.57 bits per heavy atom. The number of alkyl halides is 3. The summed E-state index contributed by atoms with van der Waals surface area (Å²) in [6.45, 7) is 3.73. The molecule has 110 valence electrons. The molecule has 0 aliphatic rings. The number of rotatable bonds is 4. The first-order valence-corrected chi connectivity index (χ1v) is 7.48. The molecule has 5 heteroatoms. The Hall–Kier alpha value is -1.88. The maximum Gasteiger partial charge on any atom is 0.416 e. The summed E-state index contributed by atoms with van der Waals surface area (Å²) in [5.41, 5.74) is 0.619. The predicted octanol–water partition coefficient (Wildman–Crippen LogP) is 4.63. The first-order chi connectivity index (χ1) is 9.88. The molecule has 0 saturated heterocycles. The fourth-order valence-corrected chi connectivity index (χ4v) is 2.86. The van der Waals surface area contributed by atoms with Gasteiger partial charge in [-0.3, -0.25) is 4.21 Å². The molecule has 0 radical (unpaired) electrons. The minimum absolute atomic E-state index is 0.292. The van der Waals surface area contributed by atoms with Gasteiger partial charge in [0.05, 0.1) is 22.1 Å². The molecule has 21 heavy (non-hydrogen) atoms. The van der Waals surface area contributed by atoms with E-state index in [2.05, 4.69) is 6.58 Å². The molecule has 0 aliphatic carbocycles. The summed E-state index contributed by atoms with van der Waals surface area (Å²) in [5, 5.41) is 0. The minimum atomic E-state index is -4.37. The number of benzene rings is 2. The van der Waals surface area contributed by atoms with Crippen molar-refractivity contribution < 1.29 is 17.4 Å². The summed E-state index contributed by atoms with van der Waals surface area (Å²) in [7, 11) is -1.37. The van der Waals surface area contributed by atoms with E-state index in [0.29, 0.717) is 16.2 Å². The second kappa shape index (κ2) is 6.26. The highest BCUT2D eigenvalue weighted by Crippen LogP contribution is 2.30. The monoisotopic (exact) mass is 310 g/mol. The molecule has 0 N–H and O–H groups in total. The standard InChI is InChI=1S/C16H13F3OS/c1-12(21(20)11-13-5-3-2-4-6-13)14-7-9-15(10-8-14)16(17,18)19/h2-10H,1,11H2/t21-/m0/s1. The second-order valence-corrected chi connectivity index (χ2v) is 5.95. The highest BCUT2D eigenvalue weighted by molar-refractivity contribution is 7.93. The van der Waals surface area contributed by atoms with E-state index in [1.165, 1.54) is 12.1 Å². The summed E-state index contributed by atoms with van der Waals surface area (Å²) < 4.78 is 49.6. The van der Waals surface area contributed by atoms with Gasteiger partial charge in [-0.25, -0.2) is 0 Å². The zero-order valence-electron chi connectivity index (χ0n) is 11.1. The van der Waals surface area contributed by atoms with Crippen LogP contribution in [0.2, 0.25) is 0 Å². The van der Waals surface area contributed by atoms with Gasteiger partial charge in [0.15, 0.2) is 0 Å². The van der Waals surface area contributed by atoms with Gasteiger partial charge in [0.1, 0.15) is 0 Å². The normalized spacial score (nSPS) is 12.9. The SMILES string of the molecule is C=C(c1ccc(C(F)(F)F)cc1)[S@@](=O)Cc1ccccc1.